The Morgan fingerprint density at radius 1 is 1.16 bits per heavy atom. The molecular weight excluding hydrogens is 485 g/mol. The second-order valence-electron chi connectivity index (χ2n) is 13.1. The number of halogens is 1. The Bertz CT molecular complexity index is 945. The van der Waals surface area contributed by atoms with Gasteiger partial charge in [0.2, 0.25) is 0 Å². The zero-order valence-electron chi connectivity index (χ0n) is 23.1. The van der Waals surface area contributed by atoms with E-state index in [1.807, 2.05) is 20.3 Å². The molecule has 6 aliphatic rings. The molecule has 0 spiro atoms. The van der Waals surface area contributed by atoms with Gasteiger partial charge in [0.15, 0.2) is 5.78 Å². The fourth-order valence-corrected chi connectivity index (χ4v) is 8.64. The molecule has 212 valence electrons. The average molecular weight is 532 g/mol. The smallest absolute Gasteiger partial charge is 0.256 e. The normalized spacial score (nSPS) is 42.8. The number of hydrogen-bond donors (Lipinski definition) is 2. The molecule has 3 saturated carbocycles. The minimum Gasteiger partial charge on any atom is -0.369 e. The van der Waals surface area contributed by atoms with Crippen molar-refractivity contribution in [3.8, 4) is 0 Å². The molecule has 3 N–H and O–H groups in total. The first kappa shape index (κ1) is 26.7. The van der Waals surface area contributed by atoms with Crippen molar-refractivity contribution in [2.75, 3.05) is 40.3 Å². The van der Waals surface area contributed by atoms with Crippen molar-refractivity contribution in [1.29, 1.82) is 0 Å². The minimum absolute atomic E-state index is 0.00850. The van der Waals surface area contributed by atoms with Crippen molar-refractivity contribution < 1.29 is 18.7 Å². The molecule has 6 rings (SSSR count). The van der Waals surface area contributed by atoms with Gasteiger partial charge in [0.05, 0.1) is 35.9 Å². The van der Waals surface area contributed by atoms with Crippen LogP contribution in [0.4, 0.5) is 4.39 Å². The molecule has 0 aromatic carbocycles. The van der Waals surface area contributed by atoms with Gasteiger partial charge >= 0.3 is 0 Å². The zero-order chi connectivity index (χ0) is 26.6. The van der Waals surface area contributed by atoms with Crippen molar-refractivity contribution in [3.63, 3.8) is 0 Å². The number of alkyl halides is 1. The number of ketones is 1. The predicted octanol–water partition coefficient (Wildman–Crippen LogP) is 1.69. The Morgan fingerprint density at radius 3 is 2.63 bits per heavy atom. The van der Waals surface area contributed by atoms with Crippen molar-refractivity contribution in [3.05, 3.63) is 11.8 Å². The third-order valence-corrected chi connectivity index (χ3v) is 10.4. The summed E-state index contributed by atoms with van der Waals surface area (Å²) in [6, 6.07) is -0.413. The topological polar surface area (TPSA) is 91.1 Å². The maximum absolute atomic E-state index is 16.0. The molecule has 9 heteroatoms. The molecule has 0 radical (unpaired) electrons. The summed E-state index contributed by atoms with van der Waals surface area (Å²) in [6.45, 7) is 2.82. The van der Waals surface area contributed by atoms with Crippen LogP contribution in [0.3, 0.4) is 0 Å². The lowest BCUT2D eigenvalue weighted by Gasteiger charge is -2.61. The highest BCUT2D eigenvalue weighted by atomic mass is 19.1. The number of nitrogens with two attached hydrogens (primary N) is 1. The lowest BCUT2D eigenvalue weighted by Crippen LogP contribution is -2.73. The number of morpholine rings is 1. The molecule has 1 amide bonds. The molecule has 0 aromatic rings. The van der Waals surface area contributed by atoms with E-state index in [-0.39, 0.29) is 60.1 Å². The summed E-state index contributed by atoms with van der Waals surface area (Å²) >= 11 is 0. The van der Waals surface area contributed by atoms with Gasteiger partial charge in [-0.2, -0.15) is 0 Å². The Balaban J connectivity index is 1.31. The summed E-state index contributed by atoms with van der Waals surface area (Å²) < 4.78 is 23.0. The van der Waals surface area contributed by atoms with Gasteiger partial charge in [0.1, 0.15) is 6.17 Å². The fraction of sp³-hybridized carbons (Fsp3) is 0.862. The van der Waals surface area contributed by atoms with E-state index in [1.165, 1.54) is 25.7 Å². The van der Waals surface area contributed by atoms with Gasteiger partial charge < -0.3 is 25.6 Å². The molecule has 2 saturated heterocycles. The first-order chi connectivity index (χ1) is 18.3. The van der Waals surface area contributed by atoms with E-state index < -0.39 is 12.1 Å². The molecular formula is C29H46FN5O3. The quantitative estimate of drug-likeness (QED) is 0.398. The number of ether oxygens (including phenoxy) is 1. The molecule has 0 aromatic heterocycles. The Hall–Kier alpha value is -1.55. The van der Waals surface area contributed by atoms with Crippen molar-refractivity contribution in [2.24, 2.45) is 23.5 Å². The van der Waals surface area contributed by atoms with Gasteiger partial charge in [-0.3, -0.25) is 14.5 Å². The standard InChI is InChI=1S/C29H46FN5O3/c1-33(2)10-5-9-32-29(37)21-16-35-23-12-17-6-3-4-7-18(17)13-24(23)38-28-25(35)20(27(21)36)14-22(30)26(28)34-11-8-19(31)15-34/h16-20,22-26,28H,3-15,31H2,1-2H3,(H,32,37). The van der Waals surface area contributed by atoms with Gasteiger partial charge in [-0.1, -0.05) is 25.7 Å². The molecule has 10 unspecified atom stereocenters. The van der Waals surface area contributed by atoms with Crippen molar-refractivity contribution in [1.82, 2.24) is 20.0 Å². The SMILES string of the molecule is CN(C)CCCNC(=O)C1=CN2C3CC4CCCCC4CC3OC3C(N4CCC(N)C4)C(F)CC(C1=O)C32. The largest absolute Gasteiger partial charge is 0.369 e. The molecule has 8 nitrogen and oxygen atoms in total. The minimum atomic E-state index is -1.18. The first-order valence-corrected chi connectivity index (χ1v) is 15.1. The highest BCUT2D eigenvalue weighted by molar-refractivity contribution is 6.20. The maximum atomic E-state index is 16.0. The van der Waals surface area contributed by atoms with Crippen LogP contribution >= 0.6 is 0 Å². The van der Waals surface area contributed by atoms with Crippen LogP contribution in [0.25, 0.3) is 0 Å². The number of rotatable bonds is 6. The van der Waals surface area contributed by atoms with Crippen LogP contribution in [0.2, 0.25) is 0 Å². The van der Waals surface area contributed by atoms with Crippen LogP contribution in [0.1, 0.15) is 57.8 Å². The van der Waals surface area contributed by atoms with Gasteiger partial charge in [-0.25, -0.2) is 4.39 Å². The van der Waals surface area contributed by atoms with Crippen LogP contribution in [0, 0.1) is 17.8 Å². The van der Waals surface area contributed by atoms with Crippen molar-refractivity contribution in [2.45, 2.75) is 100 Å². The van der Waals surface area contributed by atoms with Gasteiger partial charge in [0.25, 0.3) is 5.91 Å². The third-order valence-electron chi connectivity index (χ3n) is 10.4. The van der Waals surface area contributed by atoms with E-state index in [0.717, 1.165) is 38.8 Å². The number of amides is 1. The van der Waals surface area contributed by atoms with E-state index in [4.69, 9.17) is 10.5 Å². The molecule has 0 bridgehead atoms. The fourth-order valence-electron chi connectivity index (χ4n) is 8.64. The highest BCUT2D eigenvalue weighted by Crippen LogP contribution is 2.50. The second kappa shape index (κ2) is 10.8. The van der Waals surface area contributed by atoms with Crippen molar-refractivity contribution >= 4 is 11.7 Å². The predicted molar refractivity (Wildman–Crippen MR) is 143 cm³/mol. The second-order valence-corrected chi connectivity index (χ2v) is 13.1. The summed E-state index contributed by atoms with van der Waals surface area (Å²) in [5, 5.41) is 2.97. The highest BCUT2D eigenvalue weighted by Gasteiger charge is 2.60. The molecule has 3 aliphatic heterocycles. The molecule has 3 aliphatic carbocycles. The number of likely N-dealkylation sites (tertiary alicyclic amines) is 1. The lowest BCUT2D eigenvalue weighted by molar-refractivity contribution is -0.219. The number of hydrogen-bond acceptors (Lipinski definition) is 7. The Kier molecular flexibility index (Phi) is 7.57. The summed E-state index contributed by atoms with van der Waals surface area (Å²) in [5.41, 5.74) is 6.43. The number of nitrogens with one attached hydrogen (secondary N) is 1. The van der Waals surface area contributed by atoms with E-state index in [9.17, 15) is 9.59 Å². The third kappa shape index (κ3) is 4.82. The van der Waals surface area contributed by atoms with E-state index in [2.05, 4.69) is 20.0 Å². The number of carbonyl (C=O) groups is 2. The molecule has 38 heavy (non-hydrogen) atoms. The van der Waals surface area contributed by atoms with E-state index >= 15 is 4.39 Å². The Labute approximate surface area is 226 Å². The summed E-state index contributed by atoms with van der Waals surface area (Å²) in [5.74, 6) is 0.244. The van der Waals surface area contributed by atoms with Gasteiger partial charge in [0, 0.05) is 37.8 Å². The first-order valence-electron chi connectivity index (χ1n) is 15.1. The van der Waals surface area contributed by atoms with Crippen LogP contribution in [-0.4, -0.2) is 109 Å². The van der Waals surface area contributed by atoms with Crippen LogP contribution in [0.15, 0.2) is 11.8 Å². The van der Waals surface area contributed by atoms with E-state index in [1.54, 1.807) is 0 Å². The summed E-state index contributed by atoms with van der Waals surface area (Å²) in [6.07, 6.45) is 9.21. The van der Waals surface area contributed by atoms with E-state index in [0.29, 0.717) is 24.9 Å². The van der Waals surface area contributed by atoms with Gasteiger partial charge in [-0.15, -0.1) is 0 Å². The molecule has 3 heterocycles. The van der Waals surface area contributed by atoms with Crippen LogP contribution in [0.5, 0.6) is 0 Å². The number of nitrogens with zero attached hydrogens (tertiary/aromatic N) is 3. The number of Topliss-reactive ketones (excluding diaryl/α,β-unsaturated/α-hetero) is 1. The average Bonchev–Trinajstić information content (AvgIpc) is 3.32. The molecule has 10 atom stereocenters. The summed E-state index contributed by atoms with van der Waals surface area (Å²) in [4.78, 5) is 33.6. The number of carbonyl (C=O) groups excluding carboxylic acids is 2. The van der Waals surface area contributed by atoms with Crippen LogP contribution < -0.4 is 11.1 Å². The van der Waals surface area contributed by atoms with Gasteiger partial charge in [-0.05, 0) is 64.6 Å². The summed E-state index contributed by atoms with van der Waals surface area (Å²) in [7, 11) is 4.00. The molecule has 5 fully saturated rings. The maximum Gasteiger partial charge on any atom is 0.256 e. The Morgan fingerprint density at radius 2 is 1.92 bits per heavy atom. The number of fused-ring (bicyclic) bond motifs is 3. The lowest BCUT2D eigenvalue weighted by atomic mass is 9.64. The zero-order valence-corrected chi connectivity index (χ0v) is 23.1. The monoisotopic (exact) mass is 531 g/mol. The van der Waals surface area contributed by atoms with Crippen LogP contribution in [-0.2, 0) is 14.3 Å².